The molecule has 142 valence electrons. The van der Waals surface area contributed by atoms with Gasteiger partial charge in [0.1, 0.15) is 5.75 Å². The fraction of sp³-hybridized carbons (Fsp3) is 0.263. The lowest BCUT2D eigenvalue weighted by molar-refractivity contribution is -0.122. The molecule has 1 heterocycles. The number of anilines is 2. The molecule has 2 amide bonds. The molecule has 0 radical (unpaired) electrons. The Kier molecular flexibility index (Phi) is 5.95. The van der Waals surface area contributed by atoms with E-state index >= 15 is 0 Å². The second-order valence-corrected chi connectivity index (χ2v) is 7.03. The van der Waals surface area contributed by atoms with Gasteiger partial charge in [0, 0.05) is 23.5 Å². The monoisotopic (exact) mass is 392 g/mol. The third-order valence-corrected chi connectivity index (χ3v) is 4.94. The normalized spacial score (nSPS) is 16.7. The minimum absolute atomic E-state index is 0.100. The van der Waals surface area contributed by atoms with Crippen LogP contribution in [0.5, 0.6) is 5.75 Å². The Hall–Kier alpha value is -2.61. The van der Waals surface area contributed by atoms with Gasteiger partial charge in [-0.05, 0) is 36.4 Å². The van der Waals surface area contributed by atoms with Gasteiger partial charge in [-0.25, -0.2) is 0 Å². The Balaban J connectivity index is 1.65. The molecule has 1 N–H and O–H groups in total. The lowest BCUT2D eigenvalue weighted by Crippen LogP contribution is -2.28. The predicted molar refractivity (Wildman–Crippen MR) is 100 cm³/mol. The van der Waals surface area contributed by atoms with Crippen LogP contribution in [0.1, 0.15) is 6.42 Å². The summed E-state index contributed by atoms with van der Waals surface area (Å²) in [4.78, 5) is 26.8. The van der Waals surface area contributed by atoms with Crippen molar-refractivity contribution in [1.29, 1.82) is 0 Å². The Labute approximate surface area is 159 Å². The van der Waals surface area contributed by atoms with Crippen LogP contribution in [0.15, 0.2) is 53.4 Å². The molecule has 0 bridgehead atoms. The number of benzene rings is 2. The summed E-state index contributed by atoms with van der Waals surface area (Å²) in [6.07, 6.45) is 0.100. The smallest absolute Gasteiger partial charge is 0.288 e. The van der Waals surface area contributed by atoms with Crippen LogP contribution >= 0.6 is 11.8 Å². The lowest BCUT2D eigenvalue weighted by atomic mass is 10.1. The number of carbonyl (C=O) groups excluding carboxylic acids is 2. The molecule has 1 atom stereocenters. The molecule has 8 heteroatoms. The Morgan fingerprint density at radius 3 is 2.59 bits per heavy atom. The molecule has 0 saturated carbocycles. The zero-order chi connectivity index (χ0) is 19.4. The van der Waals surface area contributed by atoms with E-state index in [9.17, 15) is 18.4 Å². The molecule has 0 aromatic heterocycles. The van der Waals surface area contributed by atoms with Gasteiger partial charge < -0.3 is 15.0 Å². The zero-order valence-corrected chi connectivity index (χ0v) is 15.3. The fourth-order valence-electron chi connectivity index (χ4n) is 2.93. The van der Waals surface area contributed by atoms with Gasteiger partial charge in [0.2, 0.25) is 11.8 Å². The number of nitrogens with zero attached hydrogens (tertiary/aromatic N) is 1. The van der Waals surface area contributed by atoms with Gasteiger partial charge in [0.05, 0.1) is 18.7 Å². The number of rotatable bonds is 6. The van der Waals surface area contributed by atoms with E-state index in [0.717, 1.165) is 0 Å². The lowest BCUT2D eigenvalue weighted by Gasteiger charge is -2.19. The van der Waals surface area contributed by atoms with E-state index < -0.39 is 11.7 Å². The first-order valence-corrected chi connectivity index (χ1v) is 9.15. The summed E-state index contributed by atoms with van der Waals surface area (Å²) < 4.78 is 30.0. The quantitative estimate of drug-likeness (QED) is 0.755. The fourth-order valence-corrected chi connectivity index (χ4v) is 3.43. The van der Waals surface area contributed by atoms with E-state index in [1.807, 2.05) is 6.07 Å². The van der Waals surface area contributed by atoms with Gasteiger partial charge in [-0.2, -0.15) is 8.78 Å². The molecular weight excluding hydrogens is 374 g/mol. The van der Waals surface area contributed by atoms with Crippen LogP contribution in [0.2, 0.25) is 0 Å². The van der Waals surface area contributed by atoms with E-state index in [2.05, 4.69) is 5.32 Å². The van der Waals surface area contributed by atoms with Crippen LogP contribution in [-0.2, 0) is 9.59 Å². The Morgan fingerprint density at radius 1 is 1.22 bits per heavy atom. The topological polar surface area (TPSA) is 58.6 Å². The highest BCUT2D eigenvalue weighted by molar-refractivity contribution is 7.99. The maximum Gasteiger partial charge on any atom is 0.288 e. The van der Waals surface area contributed by atoms with E-state index in [4.69, 9.17) is 4.74 Å². The van der Waals surface area contributed by atoms with Crippen molar-refractivity contribution in [1.82, 2.24) is 0 Å². The molecule has 2 aromatic rings. The average molecular weight is 392 g/mol. The van der Waals surface area contributed by atoms with Crippen molar-refractivity contribution in [3.05, 3.63) is 48.5 Å². The first kappa shape index (κ1) is 19.2. The Bertz CT molecular complexity index is 830. The van der Waals surface area contributed by atoms with Gasteiger partial charge >= 0.3 is 0 Å². The van der Waals surface area contributed by atoms with Crippen molar-refractivity contribution < 1.29 is 23.1 Å². The number of para-hydroxylation sites is 2. The summed E-state index contributed by atoms with van der Waals surface area (Å²) in [6.45, 7) is 0.254. The minimum Gasteiger partial charge on any atom is -0.495 e. The van der Waals surface area contributed by atoms with Crippen molar-refractivity contribution in [2.45, 2.75) is 17.1 Å². The zero-order valence-electron chi connectivity index (χ0n) is 14.5. The summed E-state index contributed by atoms with van der Waals surface area (Å²) >= 11 is 0.444. The Morgan fingerprint density at radius 2 is 1.93 bits per heavy atom. The highest BCUT2D eigenvalue weighted by atomic mass is 32.2. The third-order valence-electron chi connectivity index (χ3n) is 4.22. The van der Waals surface area contributed by atoms with E-state index in [-0.39, 0.29) is 24.8 Å². The van der Waals surface area contributed by atoms with Crippen LogP contribution in [0.25, 0.3) is 0 Å². The highest BCUT2D eigenvalue weighted by Crippen LogP contribution is 2.33. The van der Waals surface area contributed by atoms with Gasteiger partial charge in [0.25, 0.3) is 5.76 Å². The van der Waals surface area contributed by atoms with Crippen LogP contribution in [0.3, 0.4) is 0 Å². The molecule has 5 nitrogen and oxygen atoms in total. The number of carbonyl (C=O) groups is 2. The van der Waals surface area contributed by atoms with Gasteiger partial charge in [-0.1, -0.05) is 23.9 Å². The van der Waals surface area contributed by atoms with Crippen LogP contribution in [-0.4, -0.2) is 31.2 Å². The summed E-state index contributed by atoms with van der Waals surface area (Å²) in [5.74, 6) is -2.86. The molecule has 1 fully saturated rings. The molecule has 2 aromatic carbocycles. The maximum absolute atomic E-state index is 12.5. The first-order valence-electron chi connectivity index (χ1n) is 8.27. The molecular formula is C19H18F2N2O3S. The molecule has 0 aliphatic carbocycles. The number of hydrogen-bond acceptors (Lipinski definition) is 4. The number of halogens is 2. The maximum atomic E-state index is 12.5. The van der Waals surface area contributed by atoms with Crippen molar-refractivity contribution in [2.24, 2.45) is 5.92 Å². The molecule has 1 aliphatic rings. The SMILES string of the molecule is COc1ccccc1N1CC(C(=O)Nc2ccc(SC(F)F)cc2)CC1=O. The second kappa shape index (κ2) is 8.39. The van der Waals surface area contributed by atoms with Crippen LogP contribution < -0.4 is 15.0 Å². The largest absolute Gasteiger partial charge is 0.495 e. The van der Waals surface area contributed by atoms with E-state index in [0.29, 0.717) is 33.8 Å². The highest BCUT2D eigenvalue weighted by Gasteiger charge is 2.36. The molecule has 3 rings (SSSR count). The summed E-state index contributed by atoms with van der Waals surface area (Å²) in [7, 11) is 1.53. The minimum atomic E-state index is -2.49. The number of thioether (sulfide) groups is 1. The van der Waals surface area contributed by atoms with Crippen LogP contribution in [0.4, 0.5) is 20.2 Å². The van der Waals surface area contributed by atoms with E-state index in [1.54, 1.807) is 35.2 Å². The number of alkyl halides is 2. The molecule has 27 heavy (non-hydrogen) atoms. The van der Waals surface area contributed by atoms with E-state index in [1.165, 1.54) is 19.2 Å². The second-order valence-electron chi connectivity index (χ2n) is 5.97. The van der Waals surface area contributed by atoms with Crippen molar-refractivity contribution in [3.63, 3.8) is 0 Å². The van der Waals surface area contributed by atoms with Crippen molar-refractivity contribution >= 4 is 35.0 Å². The van der Waals surface area contributed by atoms with Gasteiger partial charge in [0.15, 0.2) is 0 Å². The number of nitrogens with one attached hydrogen (secondary N) is 1. The van der Waals surface area contributed by atoms with Crippen LogP contribution in [0, 0.1) is 5.92 Å². The average Bonchev–Trinajstić information content (AvgIpc) is 3.04. The summed E-state index contributed by atoms with van der Waals surface area (Å²) in [6, 6.07) is 13.3. The molecule has 0 spiro atoms. The first-order chi connectivity index (χ1) is 13.0. The number of amides is 2. The third kappa shape index (κ3) is 4.57. The van der Waals surface area contributed by atoms with Crippen molar-refractivity contribution in [2.75, 3.05) is 23.9 Å². The molecule has 1 aliphatic heterocycles. The van der Waals surface area contributed by atoms with Crippen molar-refractivity contribution in [3.8, 4) is 5.75 Å². The number of ether oxygens (including phenoxy) is 1. The van der Waals surface area contributed by atoms with Gasteiger partial charge in [-0.3, -0.25) is 9.59 Å². The molecule has 1 saturated heterocycles. The molecule has 1 unspecified atom stereocenters. The number of methoxy groups -OCH3 is 1. The van der Waals surface area contributed by atoms with Gasteiger partial charge in [-0.15, -0.1) is 0 Å². The standard InChI is InChI=1S/C19H18F2N2O3S/c1-26-16-5-3-2-4-15(16)23-11-12(10-17(23)24)18(25)22-13-6-8-14(9-7-13)27-19(20)21/h2-9,12,19H,10-11H2,1H3,(H,22,25). The summed E-state index contributed by atoms with van der Waals surface area (Å²) in [5.41, 5.74) is 1.13. The predicted octanol–water partition coefficient (Wildman–Crippen LogP) is 4.00. The summed E-state index contributed by atoms with van der Waals surface area (Å²) in [5, 5.41) is 2.74. The number of hydrogen-bond donors (Lipinski definition) is 1.